The highest BCUT2D eigenvalue weighted by Crippen LogP contribution is 2.22. The fourth-order valence-electron chi connectivity index (χ4n) is 2.55. The fourth-order valence-corrected chi connectivity index (χ4v) is 2.55. The second kappa shape index (κ2) is 7.08. The van der Waals surface area contributed by atoms with Gasteiger partial charge in [-0.1, -0.05) is 6.92 Å². The minimum Gasteiger partial charge on any atom is -0.452 e. The van der Waals surface area contributed by atoms with Crippen LogP contribution < -0.4 is 5.73 Å². The lowest BCUT2D eigenvalue weighted by atomic mass is 10.0. The van der Waals surface area contributed by atoms with Gasteiger partial charge in [-0.3, -0.25) is 14.9 Å². The van der Waals surface area contributed by atoms with Gasteiger partial charge in [0, 0.05) is 19.2 Å². The Labute approximate surface area is 133 Å². The third kappa shape index (κ3) is 4.18. The summed E-state index contributed by atoms with van der Waals surface area (Å²) in [4.78, 5) is 35.8. The third-order valence-corrected chi connectivity index (χ3v) is 3.80. The van der Waals surface area contributed by atoms with Crippen LogP contribution in [0.1, 0.15) is 30.1 Å². The van der Waals surface area contributed by atoms with Crippen LogP contribution in [0.25, 0.3) is 0 Å². The summed E-state index contributed by atoms with van der Waals surface area (Å²) in [5.74, 6) is -0.607. The number of benzene rings is 1. The average molecular weight is 321 g/mol. The lowest BCUT2D eigenvalue weighted by Crippen LogP contribution is -2.41. The van der Waals surface area contributed by atoms with Gasteiger partial charge in [0.25, 0.3) is 11.6 Å². The summed E-state index contributed by atoms with van der Waals surface area (Å²) < 4.78 is 4.96. The Morgan fingerprint density at radius 2 is 2.22 bits per heavy atom. The summed E-state index contributed by atoms with van der Waals surface area (Å²) in [5, 5.41) is 10.8. The molecule has 0 saturated carbocycles. The van der Waals surface area contributed by atoms with E-state index >= 15 is 0 Å². The highest BCUT2D eigenvalue weighted by Gasteiger charge is 2.23. The molecule has 1 saturated heterocycles. The Morgan fingerprint density at radius 1 is 1.48 bits per heavy atom. The molecule has 1 heterocycles. The minimum atomic E-state index is -0.786. The number of nitrogens with two attached hydrogens (primary N) is 1. The van der Waals surface area contributed by atoms with Gasteiger partial charge in [0.2, 0.25) is 0 Å². The first kappa shape index (κ1) is 16.7. The van der Waals surface area contributed by atoms with Gasteiger partial charge in [-0.15, -0.1) is 0 Å². The van der Waals surface area contributed by atoms with Crippen molar-refractivity contribution < 1.29 is 19.2 Å². The highest BCUT2D eigenvalue weighted by atomic mass is 16.6. The van der Waals surface area contributed by atoms with E-state index in [2.05, 4.69) is 6.92 Å². The van der Waals surface area contributed by atoms with Crippen LogP contribution in [-0.4, -0.2) is 41.4 Å². The van der Waals surface area contributed by atoms with E-state index in [1.54, 1.807) is 4.90 Å². The number of amides is 1. The van der Waals surface area contributed by atoms with Crippen molar-refractivity contribution in [2.75, 3.05) is 25.4 Å². The SMILES string of the molecule is C[C@@H]1CCCN(C(=O)COC(=O)c2ccc(N)c([N+](=O)[O-])c2)C1. The van der Waals surface area contributed by atoms with E-state index in [0.717, 1.165) is 18.9 Å². The summed E-state index contributed by atoms with van der Waals surface area (Å²) in [6.07, 6.45) is 2.02. The van der Waals surface area contributed by atoms with Crippen LogP contribution in [0, 0.1) is 16.0 Å². The standard InChI is InChI=1S/C15H19N3O5/c1-10-3-2-6-17(8-10)14(19)9-23-15(20)11-4-5-12(16)13(7-11)18(21)22/h4-5,7,10H,2-3,6,8-9,16H2,1H3/t10-/m1/s1. The van der Waals surface area contributed by atoms with Gasteiger partial charge in [0.05, 0.1) is 10.5 Å². The number of esters is 1. The van der Waals surface area contributed by atoms with Gasteiger partial charge < -0.3 is 15.4 Å². The number of nitro benzene ring substituents is 1. The van der Waals surface area contributed by atoms with Crippen LogP contribution in [0.15, 0.2) is 18.2 Å². The van der Waals surface area contributed by atoms with Gasteiger partial charge in [-0.25, -0.2) is 4.79 Å². The molecule has 1 aliphatic rings. The lowest BCUT2D eigenvalue weighted by Gasteiger charge is -2.30. The van der Waals surface area contributed by atoms with Crippen molar-refractivity contribution >= 4 is 23.3 Å². The zero-order valence-electron chi connectivity index (χ0n) is 12.9. The van der Waals surface area contributed by atoms with Gasteiger partial charge in [-0.05, 0) is 30.9 Å². The number of hydrogen-bond acceptors (Lipinski definition) is 6. The smallest absolute Gasteiger partial charge is 0.338 e. The van der Waals surface area contributed by atoms with Crippen molar-refractivity contribution in [1.82, 2.24) is 4.90 Å². The van der Waals surface area contributed by atoms with Crippen LogP contribution in [0.5, 0.6) is 0 Å². The zero-order valence-corrected chi connectivity index (χ0v) is 12.9. The third-order valence-electron chi connectivity index (χ3n) is 3.80. The maximum atomic E-state index is 12.0. The van der Waals surface area contributed by atoms with E-state index in [1.807, 2.05) is 0 Å². The quantitative estimate of drug-likeness (QED) is 0.389. The molecule has 1 aromatic rings. The molecule has 1 aliphatic heterocycles. The molecule has 1 aromatic carbocycles. The number of carbonyl (C=O) groups is 2. The normalized spacial score (nSPS) is 17.6. The topological polar surface area (TPSA) is 116 Å². The first-order valence-electron chi connectivity index (χ1n) is 7.37. The Hall–Kier alpha value is -2.64. The number of ether oxygens (including phenoxy) is 1. The number of nitrogens with zero attached hydrogens (tertiary/aromatic N) is 2. The summed E-state index contributed by atoms with van der Waals surface area (Å²) in [5.41, 5.74) is 5.06. The Kier molecular flexibility index (Phi) is 5.15. The maximum absolute atomic E-state index is 12.0. The van der Waals surface area contributed by atoms with E-state index in [9.17, 15) is 19.7 Å². The molecule has 1 fully saturated rings. The second-order valence-electron chi connectivity index (χ2n) is 5.69. The maximum Gasteiger partial charge on any atom is 0.338 e. The van der Waals surface area contributed by atoms with Crippen molar-refractivity contribution in [2.24, 2.45) is 5.92 Å². The monoisotopic (exact) mass is 321 g/mol. The number of nitro groups is 1. The molecule has 0 bridgehead atoms. The number of hydrogen-bond donors (Lipinski definition) is 1. The molecule has 0 spiro atoms. The van der Waals surface area contributed by atoms with E-state index in [1.165, 1.54) is 12.1 Å². The number of likely N-dealkylation sites (tertiary alicyclic amines) is 1. The van der Waals surface area contributed by atoms with Crippen LogP contribution in [-0.2, 0) is 9.53 Å². The van der Waals surface area contributed by atoms with Crippen molar-refractivity contribution in [3.05, 3.63) is 33.9 Å². The molecule has 0 aliphatic carbocycles. The molecule has 8 heteroatoms. The minimum absolute atomic E-state index is 0.00860. The molecular formula is C15H19N3O5. The summed E-state index contributed by atoms with van der Waals surface area (Å²) in [6.45, 7) is 3.01. The van der Waals surface area contributed by atoms with E-state index in [4.69, 9.17) is 10.5 Å². The highest BCUT2D eigenvalue weighted by molar-refractivity contribution is 5.92. The molecule has 0 radical (unpaired) electrons. The lowest BCUT2D eigenvalue weighted by molar-refractivity contribution is -0.383. The molecular weight excluding hydrogens is 302 g/mol. The Morgan fingerprint density at radius 3 is 2.87 bits per heavy atom. The Bertz CT molecular complexity index is 632. The first-order valence-corrected chi connectivity index (χ1v) is 7.37. The van der Waals surface area contributed by atoms with Crippen molar-refractivity contribution in [1.29, 1.82) is 0 Å². The predicted molar refractivity (Wildman–Crippen MR) is 82.8 cm³/mol. The van der Waals surface area contributed by atoms with E-state index in [-0.39, 0.29) is 29.5 Å². The largest absolute Gasteiger partial charge is 0.452 e. The van der Waals surface area contributed by atoms with Crippen LogP contribution in [0.2, 0.25) is 0 Å². The molecule has 124 valence electrons. The average Bonchev–Trinajstić information content (AvgIpc) is 2.52. The number of carbonyl (C=O) groups excluding carboxylic acids is 2. The number of piperidine rings is 1. The van der Waals surface area contributed by atoms with Gasteiger partial charge in [-0.2, -0.15) is 0 Å². The second-order valence-corrected chi connectivity index (χ2v) is 5.69. The van der Waals surface area contributed by atoms with Gasteiger partial charge >= 0.3 is 5.97 Å². The van der Waals surface area contributed by atoms with Crippen LogP contribution in [0.4, 0.5) is 11.4 Å². The van der Waals surface area contributed by atoms with Gasteiger partial charge in [0.1, 0.15) is 5.69 Å². The molecule has 0 aromatic heterocycles. The molecule has 1 amide bonds. The fraction of sp³-hybridized carbons (Fsp3) is 0.467. The molecule has 23 heavy (non-hydrogen) atoms. The molecule has 2 N–H and O–H groups in total. The predicted octanol–water partition coefficient (Wildman–Crippen LogP) is 1.59. The van der Waals surface area contributed by atoms with Crippen molar-refractivity contribution in [2.45, 2.75) is 19.8 Å². The summed E-state index contributed by atoms with van der Waals surface area (Å²) in [7, 11) is 0. The molecule has 0 unspecified atom stereocenters. The van der Waals surface area contributed by atoms with Crippen molar-refractivity contribution in [3.63, 3.8) is 0 Å². The zero-order chi connectivity index (χ0) is 17.0. The molecule has 8 nitrogen and oxygen atoms in total. The first-order chi connectivity index (χ1) is 10.9. The van der Waals surface area contributed by atoms with Crippen LogP contribution in [0.3, 0.4) is 0 Å². The molecule has 2 rings (SSSR count). The number of anilines is 1. The van der Waals surface area contributed by atoms with Crippen LogP contribution >= 0.6 is 0 Å². The van der Waals surface area contributed by atoms with E-state index in [0.29, 0.717) is 19.0 Å². The van der Waals surface area contributed by atoms with Gasteiger partial charge in [0.15, 0.2) is 6.61 Å². The summed E-state index contributed by atoms with van der Waals surface area (Å²) in [6, 6.07) is 3.64. The number of nitrogen functional groups attached to an aromatic ring is 1. The molecule has 1 atom stereocenters. The van der Waals surface area contributed by atoms with E-state index < -0.39 is 10.9 Å². The Balaban J connectivity index is 1.95. The summed E-state index contributed by atoms with van der Waals surface area (Å²) >= 11 is 0. The van der Waals surface area contributed by atoms with Crippen molar-refractivity contribution in [3.8, 4) is 0 Å². The number of rotatable bonds is 4.